The summed E-state index contributed by atoms with van der Waals surface area (Å²) >= 11 is 0. The number of rotatable bonds is 5. The van der Waals surface area contributed by atoms with E-state index in [-0.39, 0.29) is 17.9 Å². The molecule has 0 aliphatic carbocycles. The molecule has 0 bridgehead atoms. The standard InChI is InChI=1S/C7H8NO5P.C4H10/c9-8(10)7-4-2-1-3-6(7)5-13-14(11)12;1-3-4-2/h1-4,14H,5H2,(H,11,12);3-4H2,1-2H3. The second-order valence-electron chi connectivity index (χ2n) is 3.44. The Morgan fingerprint density at radius 2 is 1.89 bits per heavy atom. The average Bonchev–Trinajstić information content (AvgIpc) is 2.36. The molecule has 1 aromatic carbocycles. The van der Waals surface area contributed by atoms with Crippen molar-refractivity contribution in [3.05, 3.63) is 39.9 Å². The Morgan fingerprint density at radius 3 is 2.33 bits per heavy atom. The molecule has 0 heterocycles. The summed E-state index contributed by atoms with van der Waals surface area (Å²) in [4.78, 5) is 18.3. The molecule has 1 atom stereocenters. The van der Waals surface area contributed by atoms with Crippen molar-refractivity contribution in [2.45, 2.75) is 33.3 Å². The molecule has 1 N–H and O–H groups in total. The first kappa shape index (κ1) is 16.8. The Balaban J connectivity index is 0.000000631. The molecular weight excluding hydrogens is 257 g/mol. The minimum atomic E-state index is -3.05. The van der Waals surface area contributed by atoms with Crippen molar-refractivity contribution in [2.75, 3.05) is 0 Å². The smallest absolute Gasteiger partial charge is 0.316 e. The van der Waals surface area contributed by atoms with Crippen LogP contribution in [0.25, 0.3) is 0 Å². The molecule has 0 aliphatic rings. The van der Waals surface area contributed by atoms with Gasteiger partial charge >= 0.3 is 8.25 Å². The van der Waals surface area contributed by atoms with Gasteiger partial charge in [-0.25, -0.2) is 0 Å². The topological polar surface area (TPSA) is 89.7 Å². The third-order valence-corrected chi connectivity index (χ3v) is 2.43. The van der Waals surface area contributed by atoms with E-state index in [1.807, 2.05) is 0 Å². The fraction of sp³-hybridized carbons (Fsp3) is 0.455. The van der Waals surface area contributed by atoms with E-state index in [9.17, 15) is 14.7 Å². The summed E-state index contributed by atoms with van der Waals surface area (Å²) in [5.41, 5.74) is 0.167. The summed E-state index contributed by atoms with van der Waals surface area (Å²) in [6.07, 6.45) is 2.64. The number of nitro benzene ring substituents is 1. The fourth-order valence-corrected chi connectivity index (χ4v) is 1.23. The molecule has 0 radical (unpaired) electrons. The van der Waals surface area contributed by atoms with Gasteiger partial charge in [0.1, 0.15) is 0 Å². The lowest BCUT2D eigenvalue weighted by molar-refractivity contribution is -0.385. The van der Waals surface area contributed by atoms with Crippen molar-refractivity contribution < 1.29 is 18.9 Å². The van der Waals surface area contributed by atoms with E-state index >= 15 is 0 Å². The van der Waals surface area contributed by atoms with E-state index in [0.29, 0.717) is 0 Å². The Morgan fingerprint density at radius 1 is 1.33 bits per heavy atom. The lowest BCUT2D eigenvalue weighted by Gasteiger charge is -2.01. The molecule has 0 saturated carbocycles. The van der Waals surface area contributed by atoms with Crippen LogP contribution >= 0.6 is 8.25 Å². The Labute approximate surface area is 107 Å². The largest absolute Gasteiger partial charge is 0.326 e. The van der Waals surface area contributed by atoms with Gasteiger partial charge in [0.25, 0.3) is 5.69 Å². The molecule has 1 unspecified atom stereocenters. The van der Waals surface area contributed by atoms with Crippen molar-refractivity contribution in [3.8, 4) is 0 Å². The van der Waals surface area contributed by atoms with Crippen LogP contribution in [0.5, 0.6) is 0 Å². The highest BCUT2D eigenvalue weighted by atomic mass is 31.1. The van der Waals surface area contributed by atoms with Crippen LogP contribution in [0.1, 0.15) is 32.3 Å². The molecule has 6 nitrogen and oxygen atoms in total. The Hall–Kier alpha value is -1.23. The van der Waals surface area contributed by atoms with Crippen molar-refractivity contribution in [1.82, 2.24) is 0 Å². The molecule has 0 spiro atoms. The number of hydrogen-bond acceptors (Lipinski definition) is 4. The van der Waals surface area contributed by atoms with Crippen LogP contribution in [0, 0.1) is 10.1 Å². The van der Waals surface area contributed by atoms with Crippen molar-refractivity contribution in [1.29, 1.82) is 0 Å². The second kappa shape index (κ2) is 9.76. The second-order valence-corrected chi connectivity index (χ2v) is 4.26. The molecular formula is C11H18NO5P. The van der Waals surface area contributed by atoms with E-state index in [4.69, 9.17) is 4.89 Å². The predicted octanol–water partition coefficient (Wildman–Crippen LogP) is 3.30. The van der Waals surface area contributed by atoms with E-state index in [2.05, 4.69) is 18.4 Å². The molecule has 0 aromatic heterocycles. The molecule has 102 valence electrons. The third-order valence-electron chi connectivity index (χ3n) is 2.04. The van der Waals surface area contributed by atoms with E-state index in [1.54, 1.807) is 6.07 Å². The zero-order valence-corrected chi connectivity index (χ0v) is 11.5. The van der Waals surface area contributed by atoms with Crippen LogP contribution < -0.4 is 0 Å². The number of nitro groups is 1. The van der Waals surface area contributed by atoms with E-state index in [1.165, 1.54) is 31.0 Å². The quantitative estimate of drug-likeness (QED) is 0.506. The lowest BCUT2D eigenvalue weighted by Crippen LogP contribution is -1.95. The van der Waals surface area contributed by atoms with Crippen molar-refractivity contribution >= 4 is 13.9 Å². The highest BCUT2D eigenvalue weighted by Gasteiger charge is 2.12. The van der Waals surface area contributed by atoms with Crippen LogP contribution in [0.4, 0.5) is 5.69 Å². The normalized spacial score (nSPS) is 11.3. The van der Waals surface area contributed by atoms with Crippen LogP contribution in [0.2, 0.25) is 0 Å². The van der Waals surface area contributed by atoms with Gasteiger partial charge in [-0.05, 0) is 6.07 Å². The van der Waals surface area contributed by atoms with Gasteiger partial charge in [-0.1, -0.05) is 38.8 Å². The van der Waals surface area contributed by atoms with Gasteiger partial charge in [-0.3, -0.25) is 14.7 Å². The maximum Gasteiger partial charge on any atom is 0.316 e. The minimum Gasteiger partial charge on any atom is -0.326 e. The van der Waals surface area contributed by atoms with Crippen LogP contribution in [0.15, 0.2) is 24.3 Å². The van der Waals surface area contributed by atoms with Gasteiger partial charge in [0.05, 0.1) is 17.1 Å². The first-order valence-electron chi connectivity index (χ1n) is 5.60. The van der Waals surface area contributed by atoms with Crippen LogP contribution in [-0.2, 0) is 15.7 Å². The van der Waals surface area contributed by atoms with Gasteiger partial charge in [0.2, 0.25) is 0 Å². The SMILES string of the molecule is CCCC.O=[N+]([O-])c1ccccc1CO[PH](=O)O. The molecule has 0 fully saturated rings. The van der Waals surface area contributed by atoms with Gasteiger partial charge in [-0.15, -0.1) is 0 Å². The summed E-state index contributed by atoms with van der Waals surface area (Å²) in [5, 5.41) is 10.5. The fourth-order valence-electron chi connectivity index (χ4n) is 0.950. The molecule has 18 heavy (non-hydrogen) atoms. The van der Waals surface area contributed by atoms with Gasteiger partial charge < -0.3 is 9.42 Å². The maximum atomic E-state index is 10.5. The number of unbranched alkanes of at least 4 members (excludes halogenated alkanes) is 1. The summed E-state index contributed by atoms with van der Waals surface area (Å²) in [5.74, 6) is 0. The zero-order valence-electron chi connectivity index (χ0n) is 10.5. The first-order valence-corrected chi connectivity index (χ1v) is 6.87. The molecule has 0 saturated heterocycles. The van der Waals surface area contributed by atoms with Crippen molar-refractivity contribution in [2.24, 2.45) is 0 Å². The van der Waals surface area contributed by atoms with E-state index < -0.39 is 13.2 Å². The Kier molecular flexibility index (Phi) is 9.10. The first-order chi connectivity index (χ1) is 8.52. The lowest BCUT2D eigenvalue weighted by atomic mass is 10.2. The molecule has 7 heteroatoms. The number of hydrogen-bond donors (Lipinski definition) is 1. The summed E-state index contributed by atoms with van der Waals surface area (Å²) < 4.78 is 14.7. The van der Waals surface area contributed by atoms with E-state index in [0.717, 1.165) is 0 Å². The highest BCUT2D eigenvalue weighted by Crippen LogP contribution is 2.23. The molecule has 1 rings (SSSR count). The van der Waals surface area contributed by atoms with Gasteiger partial charge in [0, 0.05) is 6.07 Å². The number of nitrogens with zero attached hydrogens (tertiary/aromatic N) is 1. The summed E-state index contributed by atoms with van der Waals surface area (Å²) in [6.45, 7) is 4.13. The highest BCUT2D eigenvalue weighted by molar-refractivity contribution is 7.32. The van der Waals surface area contributed by atoms with Gasteiger partial charge in [-0.2, -0.15) is 0 Å². The third kappa shape index (κ3) is 7.17. The molecule has 1 aromatic rings. The van der Waals surface area contributed by atoms with Crippen molar-refractivity contribution in [3.63, 3.8) is 0 Å². The molecule has 0 amide bonds. The number of benzene rings is 1. The molecule has 0 aliphatic heterocycles. The van der Waals surface area contributed by atoms with Crippen LogP contribution in [-0.4, -0.2) is 9.82 Å². The average molecular weight is 275 g/mol. The monoisotopic (exact) mass is 275 g/mol. The Bertz CT molecular complexity index is 395. The van der Waals surface area contributed by atoms with Gasteiger partial charge in [0.15, 0.2) is 0 Å². The summed E-state index contributed by atoms with van der Waals surface area (Å²) in [6, 6.07) is 5.90. The minimum absolute atomic E-state index is 0.115. The number of para-hydroxylation sites is 1. The van der Waals surface area contributed by atoms with Crippen LogP contribution in [0.3, 0.4) is 0 Å². The predicted molar refractivity (Wildman–Crippen MR) is 69.7 cm³/mol. The maximum absolute atomic E-state index is 10.5. The zero-order chi connectivity index (χ0) is 14.0. The summed E-state index contributed by atoms with van der Waals surface area (Å²) in [7, 11) is -3.05.